The second kappa shape index (κ2) is 6.75. The average molecular weight is 392 g/mol. The number of hydrogen-bond acceptors (Lipinski definition) is 7. The molecule has 2 saturated heterocycles. The maximum atomic E-state index is 14.9. The van der Waals surface area contributed by atoms with E-state index < -0.39 is 11.3 Å². The van der Waals surface area contributed by atoms with Gasteiger partial charge in [0.2, 0.25) is 11.8 Å². The Morgan fingerprint density at radius 3 is 2.68 bits per heavy atom. The van der Waals surface area contributed by atoms with Gasteiger partial charge in [-0.1, -0.05) is 5.16 Å². The van der Waals surface area contributed by atoms with Gasteiger partial charge in [-0.3, -0.25) is 4.79 Å². The van der Waals surface area contributed by atoms with Gasteiger partial charge in [0.1, 0.15) is 6.42 Å². The number of rotatable bonds is 3. The molecule has 2 aromatic heterocycles. The van der Waals surface area contributed by atoms with E-state index in [2.05, 4.69) is 20.3 Å². The van der Waals surface area contributed by atoms with E-state index in [1.807, 2.05) is 17.9 Å². The Kier molecular flexibility index (Phi) is 4.51. The van der Waals surface area contributed by atoms with Crippen LogP contribution >= 0.6 is 0 Å². The zero-order valence-electron chi connectivity index (χ0n) is 15.9. The number of piperidine rings is 1. The van der Waals surface area contributed by atoms with Crippen LogP contribution in [0.5, 0.6) is 0 Å². The van der Waals surface area contributed by atoms with Gasteiger partial charge in [0.05, 0.1) is 11.1 Å². The fourth-order valence-corrected chi connectivity index (χ4v) is 4.02. The highest BCUT2D eigenvalue weighted by Gasteiger charge is 2.60. The third-order valence-electron chi connectivity index (χ3n) is 5.65. The van der Waals surface area contributed by atoms with Crippen molar-refractivity contribution in [2.45, 2.75) is 39.0 Å². The Balaban J connectivity index is 1.50. The molecule has 8 nitrogen and oxygen atoms in total. The molecule has 1 spiro atoms. The highest BCUT2D eigenvalue weighted by molar-refractivity contribution is 5.78. The number of carbonyl (C=O) groups excluding carboxylic acids is 1. The van der Waals surface area contributed by atoms with Crippen LogP contribution in [0.1, 0.15) is 30.3 Å². The molecule has 0 radical (unpaired) electrons. The van der Waals surface area contributed by atoms with Gasteiger partial charge in [-0.2, -0.15) is 10.1 Å². The van der Waals surface area contributed by atoms with E-state index >= 15 is 0 Å². The van der Waals surface area contributed by atoms with Crippen molar-refractivity contribution in [2.75, 3.05) is 31.1 Å². The van der Waals surface area contributed by atoms with Gasteiger partial charge in [0.15, 0.2) is 11.6 Å². The second-order valence-electron chi connectivity index (χ2n) is 7.67. The first kappa shape index (κ1) is 18.7. The van der Waals surface area contributed by atoms with Gasteiger partial charge in [-0.25, -0.2) is 8.78 Å². The van der Waals surface area contributed by atoms with Crippen molar-refractivity contribution < 1.29 is 18.1 Å². The molecule has 0 aliphatic carbocycles. The summed E-state index contributed by atoms with van der Waals surface area (Å²) in [6.45, 7) is 4.10. The van der Waals surface area contributed by atoms with Gasteiger partial charge in [0, 0.05) is 32.6 Å². The molecule has 28 heavy (non-hydrogen) atoms. The molecule has 0 saturated carbocycles. The summed E-state index contributed by atoms with van der Waals surface area (Å²) in [6.07, 6.45) is -0.135. The van der Waals surface area contributed by atoms with E-state index in [1.165, 1.54) is 4.90 Å². The molecule has 0 unspecified atom stereocenters. The number of aryl methyl sites for hydroxylation is 2. The highest BCUT2D eigenvalue weighted by Crippen LogP contribution is 2.50. The zero-order valence-corrected chi connectivity index (χ0v) is 15.9. The molecule has 4 heterocycles. The van der Waals surface area contributed by atoms with Crippen LogP contribution < -0.4 is 4.90 Å². The van der Waals surface area contributed by atoms with Crippen molar-refractivity contribution >= 4 is 11.7 Å². The normalized spacial score (nSPS) is 24.1. The minimum atomic E-state index is -2.85. The molecule has 4 rings (SSSR count). The Bertz CT molecular complexity index is 871. The average Bonchev–Trinajstić information content (AvgIpc) is 3.26. The monoisotopic (exact) mass is 392 g/mol. The summed E-state index contributed by atoms with van der Waals surface area (Å²) in [6, 6.07) is 3.61. The Labute approximate surface area is 160 Å². The Morgan fingerprint density at radius 1 is 1.18 bits per heavy atom. The third-order valence-corrected chi connectivity index (χ3v) is 5.65. The summed E-state index contributed by atoms with van der Waals surface area (Å²) in [7, 11) is 0. The molecule has 2 aromatic rings. The molecule has 2 fully saturated rings. The number of likely N-dealkylation sites (tertiary alicyclic amines) is 1. The molecule has 0 aromatic carbocycles. The topological polar surface area (TPSA) is 88.2 Å². The lowest BCUT2D eigenvalue weighted by atomic mass is 9.75. The summed E-state index contributed by atoms with van der Waals surface area (Å²) in [5, 5.41) is 11.8. The first-order valence-corrected chi connectivity index (χ1v) is 9.28. The maximum absolute atomic E-state index is 14.9. The van der Waals surface area contributed by atoms with Crippen LogP contribution in [0.2, 0.25) is 0 Å². The predicted octanol–water partition coefficient (Wildman–Crippen LogP) is 1.78. The number of carbonyl (C=O) groups is 1. The number of nitrogens with zero attached hydrogens (tertiary/aromatic N) is 6. The fourth-order valence-electron chi connectivity index (χ4n) is 4.02. The molecular formula is C18H22F2N6O2. The summed E-state index contributed by atoms with van der Waals surface area (Å²) < 4.78 is 34.9. The number of amides is 1. The fraction of sp³-hybridized carbons (Fsp3) is 0.611. The van der Waals surface area contributed by atoms with Gasteiger partial charge in [-0.15, -0.1) is 5.10 Å². The van der Waals surface area contributed by atoms with E-state index in [9.17, 15) is 13.6 Å². The third kappa shape index (κ3) is 3.31. The molecule has 1 amide bonds. The van der Waals surface area contributed by atoms with Crippen LogP contribution in [-0.4, -0.2) is 63.2 Å². The smallest absolute Gasteiger partial charge is 0.258 e. The number of anilines is 1. The lowest BCUT2D eigenvalue weighted by Gasteiger charge is -2.45. The molecular weight excluding hydrogens is 370 g/mol. The van der Waals surface area contributed by atoms with Crippen LogP contribution in [0.4, 0.5) is 14.6 Å². The molecule has 2 aliphatic heterocycles. The molecule has 0 N–H and O–H groups in total. The summed E-state index contributed by atoms with van der Waals surface area (Å²) >= 11 is 0. The SMILES string of the molecule is Cc1ccc(N2CC[C@]3(CN(C(=O)Cc4nc(C)no4)CCC3(F)F)C2)nn1. The van der Waals surface area contributed by atoms with E-state index in [-0.39, 0.29) is 44.3 Å². The number of alkyl halides is 2. The van der Waals surface area contributed by atoms with Crippen LogP contribution in [0, 0.1) is 19.3 Å². The van der Waals surface area contributed by atoms with Crippen molar-refractivity contribution in [1.82, 2.24) is 25.2 Å². The summed E-state index contributed by atoms with van der Waals surface area (Å²) in [5.74, 6) is -1.89. The molecule has 2 aliphatic rings. The van der Waals surface area contributed by atoms with Crippen molar-refractivity contribution in [3.8, 4) is 0 Å². The molecule has 10 heteroatoms. The number of halogens is 2. The molecule has 0 bridgehead atoms. The van der Waals surface area contributed by atoms with E-state index in [4.69, 9.17) is 4.52 Å². The van der Waals surface area contributed by atoms with E-state index in [0.29, 0.717) is 24.6 Å². The highest BCUT2D eigenvalue weighted by atomic mass is 19.3. The lowest BCUT2D eigenvalue weighted by molar-refractivity contribution is -0.168. The van der Waals surface area contributed by atoms with E-state index in [1.54, 1.807) is 13.0 Å². The predicted molar refractivity (Wildman–Crippen MR) is 94.9 cm³/mol. The van der Waals surface area contributed by atoms with Crippen LogP contribution in [0.3, 0.4) is 0 Å². The van der Waals surface area contributed by atoms with Gasteiger partial charge < -0.3 is 14.3 Å². The van der Waals surface area contributed by atoms with Crippen LogP contribution in [0.25, 0.3) is 0 Å². The first-order valence-electron chi connectivity index (χ1n) is 9.28. The largest absolute Gasteiger partial charge is 0.354 e. The van der Waals surface area contributed by atoms with Crippen LogP contribution in [-0.2, 0) is 11.2 Å². The van der Waals surface area contributed by atoms with Gasteiger partial charge in [0.25, 0.3) is 5.92 Å². The van der Waals surface area contributed by atoms with Crippen molar-refractivity contribution in [3.05, 3.63) is 29.5 Å². The minimum absolute atomic E-state index is 0.00173. The first-order chi connectivity index (χ1) is 13.3. The lowest BCUT2D eigenvalue weighted by Crippen LogP contribution is -2.58. The van der Waals surface area contributed by atoms with Crippen molar-refractivity contribution in [1.29, 1.82) is 0 Å². The second-order valence-corrected chi connectivity index (χ2v) is 7.67. The summed E-state index contributed by atoms with van der Waals surface area (Å²) in [5.41, 5.74) is -0.521. The van der Waals surface area contributed by atoms with Crippen molar-refractivity contribution in [3.63, 3.8) is 0 Å². The summed E-state index contributed by atoms with van der Waals surface area (Å²) in [4.78, 5) is 20.0. The van der Waals surface area contributed by atoms with E-state index in [0.717, 1.165) is 5.69 Å². The number of hydrogen-bond donors (Lipinski definition) is 0. The van der Waals surface area contributed by atoms with Crippen LogP contribution in [0.15, 0.2) is 16.7 Å². The van der Waals surface area contributed by atoms with Gasteiger partial charge in [-0.05, 0) is 32.4 Å². The molecule has 1 atom stereocenters. The number of aromatic nitrogens is 4. The Hall–Kier alpha value is -2.65. The zero-order chi connectivity index (χ0) is 19.9. The Morgan fingerprint density at radius 2 is 2.00 bits per heavy atom. The minimum Gasteiger partial charge on any atom is -0.354 e. The van der Waals surface area contributed by atoms with Gasteiger partial charge >= 0.3 is 0 Å². The van der Waals surface area contributed by atoms with Crippen molar-refractivity contribution in [2.24, 2.45) is 5.41 Å². The quantitative estimate of drug-likeness (QED) is 0.787. The standard InChI is InChI=1S/C18H22F2N6O2/c1-12-3-4-14(23-22-12)25-7-5-17(10-25)11-26(8-6-18(17,19)20)16(27)9-15-21-13(2)24-28-15/h3-4H,5-11H2,1-2H3/t17-/m1/s1. The maximum Gasteiger partial charge on any atom is 0.258 e. The molecule has 150 valence electrons.